The Balaban J connectivity index is 1.47. The molecule has 7 rings (SSSR count). The number of hydrogen-bond donors (Lipinski definition) is 1. The Morgan fingerprint density at radius 2 is 1.52 bits per heavy atom. The number of nitrogens with zero attached hydrogens (tertiary/aromatic N) is 1. The van der Waals surface area contributed by atoms with Crippen LogP contribution in [0, 0.1) is 11.8 Å². The third-order valence-electron chi connectivity index (χ3n) is 9.38. The van der Waals surface area contributed by atoms with Crippen LogP contribution in [0.5, 0.6) is 5.75 Å². The van der Waals surface area contributed by atoms with Gasteiger partial charge < -0.3 is 15.0 Å². The maximum Gasteiger partial charge on any atom is 0.238 e. The molecule has 4 atom stereocenters. The van der Waals surface area contributed by atoms with Gasteiger partial charge >= 0.3 is 0 Å². The Labute approximate surface area is 257 Å². The monoisotopic (exact) mass is 582 g/mol. The lowest BCUT2D eigenvalue weighted by Crippen LogP contribution is -2.49. The molecule has 6 heteroatoms. The van der Waals surface area contributed by atoms with E-state index in [4.69, 9.17) is 4.74 Å². The quantitative estimate of drug-likeness (QED) is 0.241. The van der Waals surface area contributed by atoms with E-state index in [-0.39, 0.29) is 17.5 Å². The van der Waals surface area contributed by atoms with Crippen molar-refractivity contribution in [3.8, 4) is 5.75 Å². The van der Waals surface area contributed by atoms with Crippen LogP contribution >= 0.6 is 0 Å². The Kier molecular flexibility index (Phi) is 6.73. The maximum absolute atomic E-state index is 15.0. The van der Waals surface area contributed by atoms with Crippen molar-refractivity contribution in [2.75, 3.05) is 12.4 Å². The normalized spacial score (nSPS) is 22.9. The first-order valence-electron chi connectivity index (χ1n) is 15.1. The summed E-state index contributed by atoms with van der Waals surface area (Å²) in [5.74, 6) is -0.600. The van der Waals surface area contributed by atoms with E-state index in [1.807, 2.05) is 90.0 Å². The van der Waals surface area contributed by atoms with Gasteiger partial charge in [-0.05, 0) is 71.0 Å². The Morgan fingerprint density at radius 3 is 2.25 bits per heavy atom. The van der Waals surface area contributed by atoms with Gasteiger partial charge in [-0.1, -0.05) is 80.6 Å². The first kappa shape index (κ1) is 27.8. The number of ketones is 2. The molecule has 0 aliphatic carbocycles. The SMILES string of the molecule is COc1ccc(C(=O)[C@@H]2[C@H](C(=O)c3ccc(CC(C)C)cc3)[C@@]3(C(=O)Nc4ccccc43)[C@@H]3c4ccccc4C=CN23)cc1. The van der Waals surface area contributed by atoms with Crippen LogP contribution < -0.4 is 10.1 Å². The Morgan fingerprint density at radius 1 is 0.864 bits per heavy atom. The van der Waals surface area contributed by atoms with Crippen LogP contribution in [0.2, 0.25) is 0 Å². The molecule has 0 saturated carbocycles. The Hall–Kier alpha value is -4.97. The van der Waals surface area contributed by atoms with Gasteiger partial charge in [0.2, 0.25) is 5.91 Å². The third-order valence-corrected chi connectivity index (χ3v) is 9.38. The molecule has 0 bridgehead atoms. The van der Waals surface area contributed by atoms with E-state index < -0.39 is 23.4 Å². The van der Waals surface area contributed by atoms with E-state index in [1.165, 1.54) is 0 Å². The second kappa shape index (κ2) is 10.6. The topological polar surface area (TPSA) is 75.7 Å². The van der Waals surface area contributed by atoms with Crippen LogP contribution in [0.3, 0.4) is 0 Å². The van der Waals surface area contributed by atoms with Crippen molar-refractivity contribution >= 4 is 29.2 Å². The van der Waals surface area contributed by atoms with Crippen molar-refractivity contribution in [3.05, 3.63) is 137 Å². The largest absolute Gasteiger partial charge is 0.497 e. The summed E-state index contributed by atoms with van der Waals surface area (Å²) < 4.78 is 5.34. The number of amides is 1. The summed E-state index contributed by atoms with van der Waals surface area (Å²) in [7, 11) is 1.58. The highest BCUT2D eigenvalue weighted by atomic mass is 16.5. The van der Waals surface area contributed by atoms with E-state index in [0.717, 1.165) is 28.7 Å². The smallest absolute Gasteiger partial charge is 0.238 e. The first-order valence-corrected chi connectivity index (χ1v) is 15.1. The van der Waals surface area contributed by atoms with Crippen LogP contribution in [-0.2, 0) is 16.6 Å². The lowest BCUT2D eigenvalue weighted by molar-refractivity contribution is -0.122. The van der Waals surface area contributed by atoms with Crippen LogP contribution in [-0.4, -0.2) is 35.5 Å². The molecule has 1 saturated heterocycles. The van der Waals surface area contributed by atoms with Crippen molar-refractivity contribution in [2.24, 2.45) is 11.8 Å². The highest BCUT2D eigenvalue weighted by molar-refractivity contribution is 6.16. The summed E-state index contributed by atoms with van der Waals surface area (Å²) in [6, 6.07) is 28.6. The second-order valence-electron chi connectivity index (χ2n) is 12.3. The van der Waals surface area contributed by atoms with Gasteiger partial charge in [0.15, 0.2) is 11.6 Å². The van der Waals surface area contributed by atoms with Gasteiger partial charge in [-0.3, -0.25) is 14.4 Å². The number of carbonyl (C=O) groups is 3. The van der Waals surface area contributed by atoms with Gasteiger partial charge in [-0.2, -0.15) is 0 Å². The van der Waals surface area contributed by atoms with Gasteiger partial charge in [0.05, 0.1) is 19.1 Å². The van der Waals surface area contributed by atoms with Crippen LogP contribution in [0.25, 0.3) is 6.08 Å². The van der Waals surface area contributed by atoms with Gasteiger partial charge in [0, 0.05) is 23.0 Å². The molecule has 0 radical (unpaired) electrons. The molecular formula is C38H34N2O4. The number of para-hydroxylation sites is 1. The molecule has 6 nitrogen and oxygen atoms in total. The molecule has 1 spiro atoms. The standard InChI is InChI=1S/C38H34N2O4/c1-23(2)22-24-12-14-26(15-13-24)34(41)32-33(35(42)27-16-18-28(44-3)19-17-27)40-21-20-25-8-4-5-9-29(25)36(40)38(32)30-10-6-7-11-31(30)39-37(38)43/h4-21,23,32-33,36H,22H2,1-3H3,(H,39,43)/t32-,33+,36+,38-/m1/s1. The predicted octanol–water partition coefficient (Wildman–Crippen LogP) is 6.88. The third kappa shape index (κ3) is 4.12. The molecule has 1 amide bonds. The zero-order chi connectivity index (χ0) is 30.6. The molecule has 220 valence electrons. The minimum Gasteiger partial charge on any atom is -0.497 e. The van der Waals surface area contributed by atoms with E-state index in [9.17, 15) is 14.4 Å². The zero-order valence-corrected chi connectivity index (χ0v) is 25.0. The van der Waals surface area contributed by atoms with Gasteiger partial charge in [0.25, 0.3) is 0 Å². The number of anilines is 1. The molecule has 0 unspecified atom stereocenters. The van der Waals surface area contributed by atoms with E-state index in [2.05, 4.69) is 19.2 Å². The summed E-state index contributed by atoms with van der Waals surface area (Å²) in [6.07, 6.45) is 4.77. The molecule has 3 aliphatic rings. The average molecular weight is 583 g/mol. The summed E-state index contributed by atoms with van der Waals surface area (Å²) in [5.41, 5.74) is 4.03. The number of fused-ring (bicyclic) bond motifs is 6. The zero-order valence-electron chi connectivity index (χ0n) is 25.0. The highest BCUT2D eigenvalue weighted by Gasteiger charge is 2.70. The summed E-state index contributed by atoms with van der Waals surface area (Å²) in [6.45, 7) is 4.32. The fourth-order valence-corrected chi connectivity index (χ4v) is 7.55. The van der Waals surface area contributed by atoms with Crippen molar-refractivity contribution in [1.29, 1.82) is 0 Å². The Bertz CT molecular complexity index is 1810. The van der Waals surface area contributed by atoms with Crippen LogP contribution in [0.4, 0.5) is 5.69 Å². The molecule has 4 aromatic rings. The van der Waals surface area contributed by atoms with Gasteiger partial charge in [-0.25, -0.2) is 0 Å². The van der Waals surface area contributed by atoms with Crippen molar-refractivity contribution in [2.45, 2.75) is 37.8 Å². The highest BCUT2D eigenvalue weighted by Crippen LogP contribution is 2.62. The fraction of sp³-hybridized carbons (Fsp3) is 0.237. The molecule has 3 heterocycles. The minimum atomic E-state index is -1.35. The van der Waals surface area contributed by atoms with Gasteiger partial charge in [-0.15, -0.1) is 0 Å². The number of rotatable bonds is 7. The molecule has 3 aliphatic heterocycles. The summed E-state index contributed by atoms with van der Waals surface area (Å²) in [4.78, 5) is 46.2. The molecule has 44 heavy (non-hydrogen) atoms. The second-order valence-corrected chi connectivity index (χ2v) is 12.3. The summed E-state index contributed by atoms with van der Waals surface area (Å²) in [5, 5.41) is 3.11. The van der Waals surface area contributed by atoms with E-state index >= 15 is 0 Å². The lowest BCUT2D eigenvalue weighted by atomic mass is 9.62. The number of Topliss-reactive ketones (excluding diaryl/α,β-unsaturated/α-hetero) is 2. The molecule has 0 aromatic heterocycles. The number of methoxy groups -OCH3 is 1. The minimum absolute atomic E-state index is 0.217. The van der Waals surface area contributed by atoms with Crippen LogP contribution in [0.15, 0.2) is 103 Å². The number of carbonyl (C=O) groups excluding carboxylic acids is 3. The van der Waals surface area contributed by atoms with Crippen molar-refractivity contribution in [1.82, 2.24) is 4.90 Å². The maximum atomic E-state index is 15.0. The molecule has 1 N–H and O–H groups in total. The van der Waals surface area contributed by atoms with Crippen molar-refractivity contribution in [3.63, 3.8) is 0 Å². The molecule has 1 fully saturated rings. The average Bonchev–Trinajstić information content (AvgIpc) is 3.52. The van der Waals surface area contributed by atoms with Gasteiger partial charge in [0.1, 0.15) is 17.2 Å². The number of ether oxygens (including phenoxy) is 1. The van der Waals surface area contributed by atoms with Crippen LogP contribution in [0.1, 0.15) is 62.9 Å². The van der Waals surface area contributed by atoms with Crippen molar-refractivity contribution < 1.29 is 19.1 Å². The molecule has 4 aromatic carbocycles. The lowest BCUT2D eigenvalue weighted by Gasteiger charge is -2.38. The first-order chi connectivity index (χ1) is 21.3. The summed E-state index contributed by atoms with van der Waals surface area (Å²) >= 11 is 0. The number of benzene rings is 4. The van der Waals surface area contributed by atoms with E-state index in [0.29, 0.717) is 28.5 Å². The molecular weight excluding hydrogens is 548 g/mol. The number of hydrogen-bond acceptors (Lipinski definition) is 5. The number of nitrogens with one attached hydrogen (secondary N) is 1. The fourth-order valence-electron chi connectivity index (χ4n) is 7.55. The predicted molar refractivity (Wildman–Crippen MR) is 171 cm³/mol. The van der Waals surface area contributed by atoms with E-state index in [1.54, 1.807) is 31.4 Å².